The van der Waals surface area contributed by atoms with Gasteiger partial charge < -0.3 is 9.97 Å². The van der Waals surface area contributed by atoms with Gasteiger partial charge >= 0.3 is 0 Å². The number of nitrogens with one attached hydrogen (secondary N) is 2. The van der Waals surface area contributed by atoms with Crippen molar-refractivity contribution in [3.05, 3.63) is 98.1 Å². The Morgan fingerprint density at radius 2 is 0.795 bits per heavy atom. The Morgan fingerprint density at radius 1 is 0.409 bits per heavy atom. The van der Waals surface area contributed by atoms with Crippen LogP contribution in [0.3, 0.4) is 0 Å². The number of aromatic amines is 2. The van der Waals surface area contributed by atoms with Crippen molar-refractivity contribution in [2.45, 2.75) is 0 Å². The van der Waals surface area contributed by atoms with Gasteiger partial charge in [0.15, 0.2) is 49.6 Å². The molecule has 0 amide bonds. The summed E-state index contributed by atoms with van der Waals surface area (Å²) in [7, 11) is 8.22. The van der Waals surface area contributed by atoms with Gasteiger partial charge in [-0.2, -0.15) is 0 Å². The maximum absolute atomic E-state index is 5.22. The molecule has 2 aliphatic rings. The third kappa shape index (κ3) is 3.70. The molecule has 0 saturated heterocycles. The lowest BCUT2D eigenvalue weighted by molar-refractivity contribution is -0.671. The zero-order valence-electron chi connectivity index (χ0n) is 24.9. The first kappa shape index (κ1) is 24.8. The standard InChI is InChI=1S/C36H29N8/c1-41-9-5-21-25(17-41)33-13-30-22-6-10-42(2)18-26(22)35(38-30)15-32-24-8-12-44(4)20-28(24)36(40-32)16-31-23-7-11-43(3)19-27(23)34(39-31)14-29(21)37-33/h5-20H,1-4H3,(H,37,38,39,40)/q+3/p+1. The van der Waals surface area contributed by atoms with Crippen LogP contribution in [0.5, 0.6) is 0 Å². The Bertz CT molecular complexity index is 2560. The van der Waals surface area contributed by atoms with E-state index in [1.54, 1.807) is 0 Å². The molecule has 0 saturated carbocycles. The van der Waals surface area contributed by atoms with Crippen LogP contribution in [0.2, 0.25) is 0 Å². The Labute approximate surface area is 252 Å². The minimum Gasteiger partial charge on any atom is -0.354 e. The summed E-state index contributed by atoms with van der Waals surface area (Å²) in [5.41, 5.74) is 12.2. The average Bonchev–Trinajstić information content (AvgIpc) is 3.71. The third-order valence-electron chi connectivity index (χ3n) is 8.81. The van der Waals surface area contributed by atoms with Crippen LogP contribution in [-0.4, -0.2) is 19.9 Å². The zero-order valence-corrected chi connectivity index (χ0v) is 24.9. The van der Waals surface area contributed by atoms with Crippen molar-refractivity contribution >= 4 is 43.6 Å². The first-order valence-electron chi connectivity index (χ1n) is 14.7. The van der Waals surface area contributed by atoms with Gasteiger partial charge in [0.25, 0.3) is 0 Å². The summed E-state index contributed by atoms with van der Waals surface area (Å²) in [4.78, 5) is 17.9. The van der Waals surface area contributed by atoms with E-state index in [-0.39, 0.29) is 0 Å². The number of rotatable bonds is 0. The van der Waals surface area contributed by atoms with Crippen LogP contribution in [0.1, 0.15) is 0 Å². The van der Waals surface area contributed by atoms with E-state index in [2.05, 4.69) is 147 Å². The van der Waals surface area contributed by atoms with Crippen molar-refractivity contribution in [2.24, 2.45) is 28.2 Å². The quantitative estimate of drug-likeness (QED) is 0.260. The molecule has 0 atom stereocenters. The second-order valence-corrected chi connectivity index (χ2v) is 12.0. The first-order valence-corrected chi connectivity index (χ1v) is 14.7. The van der Waals surface area contributed by atoms with Crippen molar-refractivity contribution in [3.8, 4) is 45.0 Å². The monoisotopic (exact) mass is 574 g/mol. The number of fused-ring (bicyclic) bond motifs is 20. The molecule has 9 rings (SSSR count). The van der Waals surface area contributed by atoms with Gasteiger partial charge in [-0.1, -0.05) is 0 Å². The highest BCUT2D eigenvalue weighted by Crippen LogP contribution is 2.40. The summed E-state index contributed by atoms with van der Waals surface area (Å²) in [6, 6.07) is 17.4. The molecule has 0 spiro atoms. The van der Waals surface area contributed by atoms with Crippen molar-refractivity contribution in [2.75, 3.05) is 0 Å². The summed E-state index contributed by atoms with van der Waals surface area (Å²) in [5.74, 6) is 0. The fourth-order valence-corrected chi connectivity index (χ4v) is 6.65. The summed E-state index contributed by atoms with van der Waals surface area (Å²) in [6.07, 6.45) is 17.0. The molecule has 2 aliphatic heterocycles. The van der Waals surface area contributed by atoms with E-state index >= 15 is 0 Å². The van der Waals surface area contributed by atoms with Crippen LogP contribution < -0.4 is 18.3 Å². The van der Waals surface area contributed by atoms with Crippen molar-refractivity contribution < 1.29 is 18.3 Å². The lowest BCUT2D eigenvalue weighted by atomic mass is 10.0. The van der Waals surface area contributed by atoms with Gasteiger partial charge in [-0.05, 0) is 24.3 Å². The molecule has 0 aromatic carbocycles. The van der Waals surface area contributed by atoms with Crippen molar-refractivity contribution in [1.29, 1.82) is 0 Å². The van der Waals surface area contributed by atoms with Gasteiger partial charge in [0.05, 0.1) is 55.7 Å². The van der Waals surface area contributed by atoms with E-state index < -0.39 is 0 Å². The highest BCUT2D eigenvalue weighted by Gasteiger charge is 2.24. The highest BCUT2D eigenvalue weighted by atomic mass is 14.9. The molecule has 0 aliphatic carbocycles. The highest BCUT2D eigenvalue weighted by molar-refractivity contribution is 6.11. The molecule has 0 fully saturated rings. The number of pyridine rings is 4. The number of aromatic nitrogens is 8. The average molecular weight is 575 g/mol. The van der Waals surface area contributed by atoms with Gasteiger partial charge in [0, 0.05) is 57.2 Å². The summed E-state index contributed by atoms with van der Waals surface area (Å²) >= 11 is 0. The largest absolute Gasteiger partial charge is 0.354 e. The van der Waals surface area contributed by atoms with E-state index in [9.17, 15) is 0 Å². The minimum atomic E-state index is 0.905. The Kier molecular flexibility index (Phi) is 5.00. The van der Waals surface area contributed by atoms with Gasteiger partial charge in [0.1, 0.15) is 28.2 Å². The Morgan fingerprint density at radius 3 is 1.36 bits per heavy atom. The molecule has 8 bridgehead atoms. The third-order valence-corrected chi connectivity index (χ3v) is 8.81. The molecule has 2 N–H and O–H groups in total. The number of hydrogen-bond donors (Lipinski definition) is 2. The number of hydrogen-bond acceptors (Lipinski definition) is 2. The molecule has 210 valence electrons. The molecule has 9 heterocycles. The van der Waals surface area contributed by atoms with Crippen LogP contribution >= 0.6 is 0 Å². The second kappa shape index (κ2) is 8.87. The topological polar surface area (TPSA) is 72.9 Å². The molecule has 0 unspecified atom stereocenters. The summed E-state index contributed by atoms with van der Waals surface area (Å²) < 4.78 is 8.35. The summed E-state index contributed by atoms with van der Waals surface area (Å²) in [5, 5.41) is 4.59. The fraction of sp³-hybridized carbons (Fsp3) is 0.111. The van der Waals surface area contributed by atoms with E-state index in [1.165, 1.54) is 0 Å². The van der Waals surface area contributed by atoms with Gasteiger partial charge in [-0.3, -0.25) is 0 Å². The predicted octanol–water partition coefficient (Wildman–Crippen LogP) is 4.59. The van der Waals surface area contributed by atoms with E-state index in [1.807, 2.05) is 7.05 Å². The van der Waals surface area contributed by atoms with Crippen LogP contribution in [0.15, 0.2) is 98.1 Å². The lowest BCUT2D eigenvalue weighted by Crippen LogP contribution is -2.26. The molecule has 8 heteroatoms. The van der Waals surface area contributed by atoms with Gasteiger partial charge in [0.2, 0.25) is 0 Å². The Balaban J connectivity index is 1.51. The molecule has 0 radical (unpaired) electrons. The maximum atomic E-state index is 5.22. The normalized spacial score (nSPS) is 12.1. The minimum absolute atomic E-state index is 0.905. The summed E-state index contributed by atoms with van der Waals surface area (Å²) in [6.45, 7) is 0. The molecule has 7 aromatic rings. The van der Waals surface area contributed by atoms with Crippen LogP contribution in [0, 0.1) is 0 Å². The van der Waals surface area contributed by atoms with Crippen molar-refractivity contribution in [3.63, 3.8) is 0 Å². The van der Waals surface area contributed by atoms with Crippen LogP contribution in [0.25, 0.3) is 88.6 Å². The predicted molar refractivity (Wildman–Crippen MR) is 170 cm³/mol. The number of nitrogens with zero attached hydrogens (tertiary/aromatic N) is 6. The smallest absolute Gasteiger partial charge is 0.178 e. The van der Waals surface area contributed by atoms with E-state index in [0.29, 0.717) is 0 Å². The van der Waals surface area contributed by atoms with E-state index in [4.69, 9.17) is 9.97 Å². The van der Waals surface area contributed by atoms with Crippen LogP contribution in [-0.2, 0) is 28.2 Å². The van der Waals surface area contributed by atoms with Crippen molar-refractivity contribution in [1.82, 2.24) is 19.9 Å². The van der Waals surface area contributed by atoms with Gasteiger partial charge in [-0.15, -0.1) is 0 Å². The SMILES string of the molecule is C[n+]1ccc2c(c1)-c1cc3nc(cc4[nH]c(cc5[nH]c(cc-2n1)c1c[n+](C)ccc51)c1c[n+](C)ccc41)-c1c[n+](C)ccc1-3. The fourth-order valence-electron chi connectivity index (χ4n) is 6.65. The zero-order chi connectivity index (χ0) is 29.7. The van der Waals surface area contributed by atoms with Gasteiger partial charge in [-0.25, -0.2) is 28.2 Å². The van der Waals surface area contributed by atoms with Crippen LogP contribution in [0.4, 0.5) is 0 Å². The molecule has 44 heavy (non-hydrogen) atoms. The molecule has 7 aromatic heterocycles. The number of H-pyrrole nitrogens is 2. The molecular weight excluding hydrogens is 544 g/mol. The Hall–Kier alpha value is -5.76. The molecule has 8 nitrogen and oxygen atoms in total. The second-order valence-electron chi connectivity index (χ2n) is 12.0. The number of aryl methyl sites for hydroxylation is 4. The molecular formula is C36H30N8+4. The first-order chi connectivity index (χ1) is 21.4. The maximum Gasteiger partial charge on any atom is 0.178 e. The lowest BCUT2D eigenvalue weighted by Gasteiger charge is -1.98. The van der Waals surface area contributed by atoms with E-state index in [0.717, 1.165) is 88.6 Å².